The van der Waals surface area contributed by atoms with Crippen LogP contribution in [0.5, 0.6) is 11.5 Å². The summed E-state index contributed by atoms with van der Waals surface area (Å²) in [6.07, 6.45) is 0.705. The lowest BCUT2D eigenvalue weighted by Crippen LogP contribution is -1.94. The maximum atomic E-state index is 10.7. The predicted molar refractivity (Wildman–Crippen MR) is 99.3 cm³/mol. The molecule has 2 N–H and O–H groups in total. The van der Waals surface area contributed by atoms with Crippen LogP contribution in [-0.2, 0) is 0 Å². The molecule has 0 aliphatic carbocycles. The molecule has 0 fully saturated rings. The average Bonchev–Trinajstić information content (AvgIpc) is 2.47. The minimum Gasteiger partial charge on any atom is -0.508 e. The van der Waals surface area contributed by atoms with E-state index in [2.05, 4.69) is 13.8 Å². The molecule has 0 bridgehead atoms. The van der Waals surface area contributed by atoms with Gasteiger partial charge in [0.1, 0.15) is 11.5 Å². The Balaban J connectivity index is 0.000000243. The molecule has 3 nitrogen and oxygen atoms in total. The van der Waals surface area contributed by atoms with E-state index in [1.807, 2.05) is 52.0 Å². The highest BCUT2D eigenvalue weighted by atomic mass is 16.3. The second-order valence-corrected chi connectivity index (χ2v) is 6.72. The van der Waals surface area contributed by atoms with Crippen LogP contribution in [0, 0.1) is 13.8 Å². The van der Waals surface area contributed by atoms with Crippen molar-refractivity contribution in [2.24, 2.45) is 0 Å². The first-order valence-electron chi connectivity index (χ1n) is 8.26. The van der Waals surface area contributed by atoms with Crippen molar-refractivity contribution in [3.63, 3.8) is 0 Å². The molecule has 2 rings (SSSR count). The minimum absolute atomic E-state index is 0.130. The zero-order valence-corrected chi connectivity index (χ0v) is 15.4. The number of aromatic hydroxyl groups is 2. The Hall–Kier alpha value is -2.29. The van der Waals surface area contributed by atoms with Crippen LogP contribution in [0.3, 0.4) is 0 Å². The fraction of sp³-hybridized carbons (Fsp3) is 0.381. The summed E-state index contributed by atoms with van der Waals surface area (Å²) in [7, 11) is 0. The molecule has 0 aromatic heterocycles. The van der Waals surface area contributed by atoms with E-state index in [-0.39, 0.29) is 11.7 Å². The molecule has 0 spiro atoms. The van der Waals surface area contributed by atoms with Gasteiger partial charge < -0.3 is 10.2 Å². The second-order valence-electron chi connectivity index (χ2n) is 6.72. The summed E-state index contributed by atoms with van der Waals surface area (Å²) in [5.41, 5.74) is 4.18. The van der Waals surface area contributed by atoms with E-state index >= 15 is 0 Å². The van der Waals surface area contributed by atoms with Crippen molar-refractivity contribution in [3.8, 4) is 11.5 Å². The third-order valence-electron chi connectivity index (χ3n) is 4.01. The van der Waals surface area contributed by atoms with Crippen LogP contribution >= 0.6 is 0 Å². The standard InChI is InChI=1S/C11H14O2.C10H14O/c1-7(2)9-5-4-8(3)10(6-12)11(9)13;1-7(2)9-5-4-8(3)6-10(9)11/h4-7,13H,1-3H3;4-7,11H,1-3H3. The number of carbonyl (C=O) groups is 1. The van der Waals surface area contributed by atoms with E-state index in [4.69, 9.17) is 0 Å². The summed E-state index contributed by atoms with van der Waals surface area (Å²) in [6.45, 7) is 11.9. The van der Waals surface area contributed by atoms with E-state index in [1.54, 1.807) is 6.07 Å². The molecule has 130 valence electrons. The monoisotopic (exact) mass is 328 g/mol. The molecule has 0 aliphatic rings. The van der Waals surface area contributed by atoms with Gasteiger partial charge in [0.2, 0.25) is 0 Å². The molecule has 0 radical (unpaired) electrons. The highest BCUT2D eigenvalue weighted by molar-refractivity contribution is 5.82. The van der Waals surface area contributed by atoms with Gasteiger partial charge in [-0.25, -0.2) is 0 Å². The Bertz CT molecular complexity index is 700. The zero-order valence-electron chi connectivity index (χ0n) is 15.4. The minimum atomic E-state index is 0.130. The maximum Gasteiger partial charge on any atom is 0.154 e. The molecule has 2 aromatic carbocycles. The van der Waals surface area contributed by atoms with Crippen LogP contribution in [0.25, 0.3) is 0 Å². The van der Waals surface area contributed by atoms with E-state index in [0.29, 0.717) is 23.5 Å². The van der Waals surface area contributed by atoms with Crippen molar-refractivity contribution in [2.45, 2.75) is 53.4 Å². The summed E-state index contributed by atoms with van der Waals surface area (Å²) in [6, 6.07) is 9.53. The molecule has 24 heavy (non-hydrogen) atoms. The maximum absolute atomic E-state index is 10.7. The molecule has 3 heteroatoms. The van der Waals surface area contributed by atoms with E-state index < -0.39 is 0 Å². The van der Waals surface area contributed by atoms with E-state index in [0.717, 1.165) is 22.3 Å². The molecule has 0 aliphatic heterocycles. The molecule has 0 saturated carbocycles. The number of hydrogen-bond acceptors (Lipinski definition) is 3. The van der Waals surface area contributed by atoms with Gasteiger partial charge >= 0.3 is 0 Å². The van der Waals surface area contributed by atoms with Gasteiger partial charge in [0.15, 0.2) is 6.29 Å². The molecule has 0 atom stereocenters. The summed E-state index contributed by atoms with van der Waals surface area (Å²) < 4.78 is 0. The number of hydrogen-bond donors (Lipinski definition) is 2. The van der Waals surface area contributed by atoms with Crippen LogP contribution in [-0.4, -0.2) is 16.5 Å². The average molecular weight is 328 g/mol. The Kier molecular flexibility index (Phi) is 7.02. The van der Waals surface area contributed by atoms with E-state index in [1.165, 1.54) is 0 Å². The number of benzene rings is 2. The lowest BCUT2D eigenvalue weighted by atomic mass is 9.97. The fourth-order valence-electron chi connectivity index (χ4n) is 2.48. The number of rotatable bonds is 3. The molecule has 0 amide bonds. The van der Waals surface area contributed by atoms with Crippen LogP contribution in [0.1, 0.15) is 72.1 Å². The van der Waals surface area contributed by atoms with Gasteiger partial charge in [0.05, 0.1) is 5.56 Å². The molecular formula is C21H28O3. The quantitative estimate of drug-likeness (QED) is 0.735. The van der Waals surface area contributed by atoms with Gasteiger partial charge in [-0.1, -0.05) is 52.0 Å². The van der Waals surface area contributed by atoms with Gasteiger partial charge in [-0.3, -0.25) is 4.79 Å². The number of carbonyl (C=O) groups excluding carboxylic acids is 1. The third-order valence-corrected chi connectivity index (χ3v) is 4.01. The topological polar surface area (TPSA) is 57.5 Å². The van der Waals surface area contributed by atoms with Gasteiger partial charge in [-0.15, -0.1) is 0 Å². The summed E-state index contributed by atoms with van der Waals surface area (Å²) in [4.78, 5) is 10.7. The number of phenolic OH excluding ortho intramolecular Hbond substituents is 2. The lowest BCUT2D eigenvalue weighted by molar-refractivity contribution is 0.112. The highest BCUT2D eigenvalue weighted by Gasteiger charge is 2.11. The first kappa shape index (κ1) is 19.8. The molecular weight excluding hydrogens is 300 g/mol. The smallest absolute Gasteiger partial charge is 0.154 e. The fourth-order valence-corrected chi connectivity index (χ4v) is 2.48. The SMILES string of the molecule is Cc1ccc(C(C)C)c(O)c1.Cc1ccc(C(C)C)c(O)c1C=O. The van der Waals surface area contributed by atoms with Crippen molar-refractivity contribution in [2.75, 3.05) is 0 Å². The van der Waals surface area contributed by atoms with Crippen LogP contribution in [0.2, 0.25) is 0 Å². The Labute approximate surface area is 145 Å². The Morgan fingerprint density at radius 3 is 1.88 bits per heavy atom. The largest absolute Gasteiger partial charge is 0.508 e. The number of aryl methyl sites for hydroxylation is 2. The highest BCUT2D eigenvalue weighted by Crippen LogP contribution is 2.29. The molecule has 2 aromatic rings. The van der Waals surface area contributed by atoms with Gasteiger partial charge in [-0.05, 0) is 54.0 Å². The Morgan fingerprint density at radius 1 is 0.875 bits per heavy atom. The van der Waals surface area contributed by atoms with Crippen molar-refractivity contribution in [1.82, 2.24) is 0 Å². The predicted octanol–water partition coefficient (Wildman–Crippen LogP) is 5.46. The second kappa shape index (κ2) is 8.53. The molecule has 0 saturated heterocycles. The molecule has 0 heterocycles. The van der Waals surface area contributed by atoms with Crippen LogP contribution in [0.15, 0.2) is 30.3 Å². The lowest BCUT2D eigenvalue weighted by Gasteiger charge is -2.11. The van der Waals surface area contributed by atoms with E-state index in [9.17, 15) is 15.0 Å². The van der Waals surface area contributed by atoms with Crippen LogP contribution in [0.4, 0.5) is 0 Å². The van der Waals surface area contributed by atoms with Crippen molar-refractivity contribution >= 4 is 6.29 Å². The Morgan fingerprint density at radius 2 is 1.42 bits per heavy atom. The number of aldehydes is 1. The summed E-state index contributed by atoms with van der Waals surface area (Å²) in [5, 5.41) is 19.2. The number of phenols is 2. The first-order valence-corrected chi connectivity index (χ1v) is 8.26. The van der Waals surface area contributed by atoms with Crippen molar-refractivity contribution in [1.29, 1.82) is 0 Å². The molecule has 0 unspecified atom stereocenters. The van der Waals surface area contributed by atoms with Gasteiger partial charge in [0.25, 0.3) is 0 Å². The third kappa shape index (κ3) is 4.85. The zero-order chi connectivity index (χ0) is 18.4. The normalized spacial score (nSPS) is 10.5. The first-order chi connectivity index (χ1) is 11.2. The van der Waals surface area contributed by atoms with Gasteiger partial charge in [0, 0.05) is 0 Å². The van der Waals surface area contributed by atoms with Crippen molar-refractivity contribution in [3.05, 3.63) is 58.1 Å². The summed E-state index contributed by atoms with van der Waals surface area (Å²) in [5.74, 6) is 1.18. The van der Waals surface area contributed by atoms with Crippen molar-refractivity contribution < 1.29 is 15.0 Å². The van der Waals surface area contributed by atoms with Crippen LogP contribution < -0.4 is 0 Å². The summed E-state index contributed by atoms with van der Waals surface area (Å²) >= 11 is 0. The van der Waals surface area contributed by atoms with Gasteiger partial charge in [-0.2, -0.15) is 0 Å².